The average molecular weight is 458 g/mol. The zero-order valence-electron chi connectivity index (χ0n) is 19.0. The Balaban J connectivity index is 1.22. The second kappa shape index (κ2) is 8.87. The second-order valence-electron chi connectivity index (χ2n) is 10.4. The van der Waals surface area contributed by atoms with Gasteiger partial charge in [-0.2, -0.15) is 0 Å². The fourth-order valence-corrected chi connectivity index (χ4v) is 7.17. The lowest BCUT2D eigenvalue weighted by molar-refractivity contribution is -0.0706. The van der Waals surface area contributed by atoms with Gasteiger partial charge in [-0.1, -0.05) is 23.7 Å². The monoisotopic (exact) mass is 457 g/mol. The zero-order chi connectivity index (χ0) is 22.3. The predicted octanol–water partition coefficient (Wildman–Crippen LogP) is 6.76. The van der Waals surface area contributed by atoms with Crippen molar-refractivity contribution in [2.24, 2.45) is 23.2 Å². The molecular formula is C27H33ClFNO2. The Labute approximate surface area is 195 Å². The Kier molecular flexibility index (Phi) is 6.11. The van der Waals surface area contributed by atoms with Crippen LogP contribution in [-0.2, 0) is 13.2 Å². The van der Waals surface area contributed by atoms with E-state index in [4.69, 9.17) is 21.1 Å². The molecule has 172 valence electrons. The smallest absolute Gasteiger partial charge is 0.161 e. The van der Waals surface area contributed by atoms with Crippen molar-refractivity contribution in [3.8, 4) is 11.5 Å². The van der Waals surface area contributed by atoms with Crippen molar-refractivity contribution in [3.05, 3.63) is 58.4 Å². The third-order valence-electron chi connectivity index (χ3n) is 8.28. The molecule has 1 N–H and O–H groups in total. The number of ether oxygens (including phenoxy) is 2. The van der Waals surface area contributed by atoms with Crippen LogP contribution in [0.25, 0.3) is 0 Å². The number of hydrogen-bond acceptors (Lipinski definition) is 3. The third-order valence-corrected chi connectivity index (χ3v) is 8.63. The molecule has 0 unspecified atom stereocenters. The van der Waals surface area contributed by atoms with E-state index in [1.165, 1.54) is 44.6 Å². The van der Waals surface area contributed by atoms with Crippen molar-refractivity contribution in [1.29, 1.82) is 0 Å². The molecule has 0 spiro atoms. The summed E-state index contributed by atoms with van der Waals surface area (Å²) < 4.78 is 25.5. The maximum atomic E-state index is 14.0. The highest BCUT2D eigenvalue weighted by Gasteiger charge is 2.52. The average Bonchev–Trinajstić information content (AvgIpc) is 2.76. The van der Waals surface area contributed by atoms with Gasteiger partial charge in [-0.15, -0.1) is 0 Å². The molecule has 0 aliphatic heterocycles. The van der Waals surface area contributed by atoms with Gasteiger partial charge in [-0.05, 0) is 98.4 Å². The first-order valence-corrected chi connectivity index (χ1v) is 12.3. The summed E-state index contributed by atoms with van der Waals surface area (Å²) in [6, 6.07) is 11.1. The first kappa shape index (κ1) is 22.0. The molecule has 1 atom stereocenters. The summed E-state index contributed by atoms with van der Waals surface area (Å²) in [5.74, 6) is 3.76. The second-order valence-corrected chi connectivity index (χ2v) is 10.8. The summed E-state index contributed by atoms with van der Waals surface area (Å²) >= 11 is 6.12. The summed E-state index contributed by atoms with van der Waals surface area (Å²) in [5, 5.41) is 4.20. The molecule has 6 rings (SSSR count). The lowest BCUT2D eigenvalue weighted by atomic mass is 9.48. The number of nitrogens with one attached hydrogen (secondary N) is 1. The fraction of sp³-hybridized carbons (Fsp3) is 0.556. The molecule has 32 heavy (non-hydrogen) atoms. The van der Waals surface area contributed by atoms with Gasteiger partial charge in [0.25, 0.3) is 0 Å². The van der Waals surface area contributed by atoms with Crippen molar-refractivity contribution in [2.75, 3.05) is 7.11 Å². The van der Waals surface area contributed by atoms with Gasteiger partial charge < -0.3 is 14.8 Å². The van der Waals surface area contributed by atoms with Crippen molar-refractivity contribution in [2.45, 2.75) is 64.6 Å². The van der Waals surface area contributed by atoms with E-state index in [0.29, 0.717) is 33.5 Å². The van der Waals surface area contributed by atoms with Crippen LogP contribution in [0, 0.1) is 29.0 Å². The molecular weight excluding hydrogens is 425 g/mol. The standard InChI is InChI=1S/C27H33ClFNO2/c1-17(27-12-19-8-20(13-27)10-21(9-19)14-27)30-15-18-6-7-25(26(11-18)31-2)32-16-22-23(28)4-3-5-24(22)29/h3-7,11,17,19-21,30H,8-10,12-16H2,1-2H3/t17-,19?,20?,21?,27?/m1/s1. The lowest BCUT2D eigenvalue weighted by Crippen LogP contribution is -2.54. The van der Waals surface area contributed by atoms with Crippen LogP contribution in [0.15, 0.2) is 36.4 Å². The predicted molar refractivity (Wildman–Crippen MR) is 126 cm³/mol. The van der Waals surface area contributed by atoms with Crippen molar-refractivity contribution < 1.29 is 13.9 Å². The van der Waals surface area contributed by atoms with E-state index < -0.39 is 0 Å². The SMILES string of the molecule is COc1cc(CN[C@H](C)C23CC4CC(CC(C4)C2)C3)ccc1OCc1c(F)cccc1Cl. The van der Waals surface area contributed by atoms with Gasteiger partial charge in [-0.3, -0.25) is 0 Å². The van der Waals surface area contributed by atoms with E-state index in [9.17, 15) is 4.39 Å². The summed E-state index contributed by atoms with van der Waals surface area (Å²) in [7, 11) is 1.63. The van der Waals surface area contributed by atoms with Crippen LogP contribution < -0.4 is 14.8 Å². The highest BCUT2D eigenvalue weighted by Crippen LogP contribution is 2.61. The molecule has 0 amide bonds. The van der Waals surface area contributed by atoms with E-state index in [-0.39, 0.29) is 12.4 Å². The minimum absolute atomic E-state index is 0.0581. The van der Waals surface area contributed by atoms with E-state index in [2.05, 4.69) is 18.3 Å². The van der Waals surface area contributed by atoms with E-state index in [1.807, 2.05) is 12.1 Å². The van der Waals surface area contributed by atoms with Crippen LogP contribution >= 0.6 is 11.6 Å². The minimum Gasteiger partial charge on any atom is -0.493 e. The molecule has 0 heterocycles. The third kappa shape index (κ3) is 4.24. The van der Waals surface area contributed by atoms with E-state index in [0.717, 1.165) is 29.9 Å². The highest BCUT2D eigenvalue weighted by molar-refractivity contribution is 6.31. The van der Waals surface area contributed by atoms with Crippen LogP contribution in [0.5, 0.6) is 11.5 Å². The normalized spacial score (nSPS) is 29.2. The largest absolute Gasteiger partial charge is 0.493 e. The molecule has 4 aliphatic carbocycles. The van der Waals surface area contributed by atoms with E-state index in [1.54, 1.807) is 19.2 Å². The summed E-state index contributed by atoms with van der Waals surface area (Å²) in [5.41, 5.74) is 2.00. The number of benzene rings is 2. The summed E-state index contributed by atoms with van der Waals surface area (Å²) in [4.78, 5) is 0. The Hall–Kier alpha value is -1.78. The Morgan fingerprint density at radius 1 is 1.06 bits per heavy atom. The van der Waals surface area contributed by atoms with Crippen LogP contribution in [0.4, 0.5) is 4.39 Å². The van der Waals surface area contributed by atoms with Gasteiger partial charge in [0.15, 0.2) is 11.5 Å². The number of halogens is 2. The number of methoxy groups -OCH3 is 1. The molecule has 3 nitrogen and oxygen atoms in total. The quantitative estimate of drug-likeness (QED) is 0.475. The van der Waals surface area contributed by atoms with Gasteiger partial charge in [0.05, 0.1) is 12.1 Å². The van der Waals surface area contributed by atoms with Crippen LogP contribution in [-0.4, -0.2) is 13.2 Å². The first-order chi connectivity index (χ1) is 15.5. The Morgan fingerprint density at radius 2 is 1.75 bits per heavy atom. The topological polar surface area (TPSA) is 30.5 Å². The van der Waals surface area contributed by atoms with Gasteiger partial charge >= 0.3 is 0 Å². The van der Waals surface area contributed by atoms with Crippen LogP contribution in [0.1, 0.15) is 56.6 Å². The van der Waals surface area contributed by atoms with Crippen molar-refractivity contribution in [3.63, 3.8) is 0 Å². The molecule has 5 heteroatoms. The lowest BCUT2D eigenvalue weighted by Gasteiger charge is -2.59. The fourth-order valence-electron chi connectivity index (χ4n) is 6.96. The molecule has 4 fully saturated rings. The van der Waals surface area contributed by atoms with Crippen LogP contribution in [0.2, 0.25) is 5.02 Å². The summed E-state index contributed by atoms with van der Waals surface area (Å²) in [6.07, 6.45) is 8.64. The number of hydrogen-bond donors (Lipinski definition) is 1. The highest BCUT2D eigenvalue weighted by atomic mass is 35.5. The molecule has 0 aromatic heterocycles. The first-order valence-electron chi connectivity index (χ1n) is 11.9. The van der Waals surface area contributed by atoms with Crippen molar-refractivity contribution >= 4 is 11.6 Å². The van der Waals surface area contributed by atoms with Gasteiger partial charge in [0.1, 0.15) is 12.4 Å². The maximum Gasteiger partial charge on any atom is 0.161 e. The molecule has 4 aliphatic rings. The molecule has 0 radical (unpaired) electrons. The van der Waals surface area contributed by atoms with Gasteiger partial charge in [0.2, 0.25) is 0 Å². The summed E-state index contributed by atoms with van der Waals surface area (Å²) in [6.45, 7) is 3.25. The van der Waals surface area contributed by atoms with Crippen LogP contribution in [0.3, 0.4) is 0 Å². The maximum absolute atomic E-state index is 14.0. The minimum atomic E-state index is -0.365. The number of rotatable bonds is 8. The molecule has 2 aromatic rings. The molecule has 2 aromatic carbocycles. The zero-order valence-corrected chi connectivity index (χ0v) is 19.8. The molecule has 0 saturated heterocycles. The molecule has 4 saturated carbocycles. The van der Waals surface area contributed by atoms with Gasteiger partial charge in [0, 0.05) is 18.2 Å². The van der Waals surface area contributed by atoms with E-state index >= 15 is 0 Å². The van der Waals surface area contributed by atoms with Gasteiger partial charge in [-0.25, -0.2) is 4.39 Å². The molecule has 4 bridgehead atoms. The van der Waals surface area contributed by atoms with Crippen molar-refractivity contribution in [1.82, 2.24) is 5.32 Å². The Bertz CT molecular complexity index is 923. The Morgan fingerprint density at radius 3 is 2.38 bits per heavy atom.